The van der Waals surface area contributed by atoms with Gasteiger partial charge in [-0.1, -0.05) is 34.6 Å². The Morgan fingerprint density at radius 3 is 2.33 bits per heavy atom. The highest BCUT2D eigenvalue weighted by atomic mass is 16.6. The van der Waals surface area contributed by atoms with Crippen molar-refractivity contribution in [1.29, 1.82) is 0 Å². The Hall–Kier alpha value is -1.92. The van der Waals surface area contributed by atoms with E-state index in [1.807, 2.05) is 6.92 Å². The van der Waals surface area contributed by atoms with Gasteiger partial charge in [-0.05, 0) is 17.8 Å². The highest BCUT2D eigenvalue weighted by Gasteiger charge is 2.26. The Kier molecular flexibility index (Phi) is 5.87. The quantitative estimate of drug-likeness (QED) is 0.564. The molecule has 21 heavy (non-hydrogen) atoms. The summed E-state index contributed by atoms with van der Waals surface area (Å²) in [5.41, 5.74) is -0.0824. The molecule has 0 fully saturated rings. The Morgan fingerprint density at radius 1 is 1.29 bits per heavy atom. The van der Waals surface area contributed by atoms with Crippen LogP contribution in [0.2, 0.25) is 0 Å². The third kappa shape index (κ3) is 4.54. The second kappa shape index (κ2) is 7.19. The summed E-state index contributed by atoms with van der Waals surface area (Å²) in [7, 11) is 0. The zero-order valence-electron chi connectivity index (χ0n) is 13.4. The third-order valence-corrected chi connectivity index (χ3v) is 3.82. The van der Waals surface area contributed by atoms with E-state index in [4.69, 9.17) is 0 Å². The topological polar surface area (TPSA) is 93.0 Å². The molecule has 0 spiro atoms. The van der Waals surface area contributed by atoms with E-state index in [-0.39, 0.29) is 22.7 Å². The lowest BCUT2D eigenvalue weighted by Crippen LogP contribution is -2.29. The SMILES string of the molecule is CCCNc1ncnc(NCC(C)(C)C(C)C)c1[N+](=O)[O-]. The molecule has 118 valence electrons. The monoisotopic (exact) mass is 295 g/mol. The van der Waals surface area contributed by atoms with Crippen molar-refractivity contribution >= 4 is 17.3 Å². The van der Waals surface area contributed by atoms with Crippen LogP contribution in [0.15, 0.2) is 6.33 Å². The van der Waals surface area contributed by atoms with Gasteiger partial charge in [0.25, 0.3) is 0 Å². The number of nitrogens with zero attached hydrogens (tertiary/aromatic N) is 3. The minimum atomic E-state index is -0.442. The fraction of sp³-hybridized carbons (Fsp3) is 0.714. The molecule has 1 heterocycles. The van der Waals surface area contributed by atoms with Gasteiger partial charge in [0.05, 0.1) is 4.92 Å². The first kappa shape index (κ1) is 17.1. The largest absolute Gasteiger partial charge is 0.364 e. The van der Waals surface area contributed by atoms with Crippen LogP contribution in [0.5, 0.6) is 0 Å². The molecule has 7 heteroatoms. The number of nitrogens with one attached hydrogen (secondary N) is 2. The summed E-state index contributed by atoms with van der Waals surface area (Å²) < 4.78 is 0. The first-order valence-electron chi connectivity index (χ1n) is 7.26. The summed E-state index contributed by atoms with van der Waals surface area (Å²) in [4.78, 5) is 18.9. The predicted octanol–water partition coefficient (Wildman–Crippen LogP) is 3.30. The van der Waals surface area contributed by atoms with Crippen LogP contribution >= 0.6 is 0 Å². The van der Waals surface area contributed by atoms with E-state index in [2.05, 4.69) is 48.3 Å². The molecule has 1 aromatic rings. The minimum Gasteiger partial charge on any atom is -0.364 e. The van der Waals surface area contributed by atoms with Crippen LogP contribution in [0.3, 0.4) is 0 Å². The molecular weight excluding hydrogens is 270 g/mol. The standard InChI is InChI=1S/C14H25N5O2/c1-6-7-15-12-11(19(20)21)13(18-9-17-12)16-8-14(4,5)10(2)3/h9-10H,6-8H2,1-5H3,(H2,15,16,17,18). The Bertz CT molecular complexity index is 488. The molecule has 0 radical (unpaired) electrons. The molecule has 1 rings (SSSR count). The van der Waals surface area contributed by atoms with Crippen molar-refractivity contribution in [3.8, 4) is 0 Å². The van der Waals surface area contributed by atoms with Crippen LogP contribution in [0.4, 0.5) is 17.3 Å². The van der Waals surface area contributed by atoms with Crippen LogP contribution < -0.4 is 10.6 Å². The number of hydrogen-bond acceptors (Lipinski definition) is 6. The fourth-order valence-electron chi connectivity index (χ4n) is 1.57. The molecule has 0 saturated heterocycles. The van der Waals surface area contributed by atoms with Crippen LogP contribution in [0.1, 0.15) is 41.0 Å². The third-order valence-electron chi connectivity index (χ3n) is 3.82. The van der Waals surface area contributed by atoms with Gasteiger partial charge < -0.3 is 10.6 Å². The molecule has 0 unspecified atom stereocenters. The smallest absolute Gasteiger partial charge is 0.353 e. The van der Waals surface area contributed by atoms with Crippen molar-refractivity contribution in [3.05, 3.63) is 16.4 Å². The Balaban J connectivity index is 2.98. The molecular formula is C14H25N5O2. The summed E-state index contributed by atoms with van der Waals surface area (Å²) >= 11 is 0. The lowest BCUT2D eigenvalue weighted by atomic mass is 9.81. The van der Waals surface area contributed by atoms with Crippen LogP contribution in [0, 0.1) is 21.4 Å². The van der Waals surface area contributed by atoms with Gasteiger partial charge in [0.15, 0.2) is 0 Å². The average Bonchev–Trinajstić information content (AvgIpc) is 2.42. The number of anilines is 2. The predicted molar refractivity (Wildman–Crippen MR) is 84.6 cm³/mol. The van der Waals surface area contributed by atoms with Gasteiger partial charge in [-0.2, -0.15) is 0 Å². The van der Waals surface area contributed by atoms with E-state index in [9.17, 15) is 10.1 Å². The number of nitro groups is 1. The van der Waals surface area contributed by atoms with Crippen molar-refractivity contribution < 1.29 is 4.92 Å². The van der Waals surface area contributed by atoms with E-state index < -0.39 is 4.92 Å². The molecule has 0 aliphatic rings. The zero-order chi connectivity index (χ0) is 16.0. The van der Waals surface area contributed by atoms with Gasteiger partial charge in [-0.15, -0.1) is 0 Å². The number of aromatic nitrogens is 2. The lowest BCUT2D eigenvalue weighted by molar-refractivity contribution is -0.383. The Labute approximate surface area is 125 Å². The van der Waals surface area contributed by atoms with Crippen molar-refractivity contribution in [3.63, 3.8) is 0 Å². The first-order valence-corrected chi connectivity index (χ1v) is 7.26. The van der Waals surface area contributed by atoms with Crippen molar-refractivity contribution in [2.24, 2.45) is 11.3 Å². The van der Waals surface area contributed by atoms with Gasteiger partial charge in [-0.25, -0.2) is 9.97 Å². The molecule has 0 amide bonds. The summed E-state index contributed by atoms with van der Waals surface area (Å²) in [6.45, 7) is 11.7. The average molecular weight is 295 g/mol. The first-order chi connectivity index (χ1) is 9.79. The summed E-state index contributed by atoms with van der Waals surface area (Å²) in [5, 5.41) is 17.4. The molecule has 0 saturated carbocycles. The maximum absolute atomic E-state index is 11.3. The summed E-state index contributed by atoms with van der Waals surface area (Å²) in [6.07, 6.45) is 2.21. The number of rotatable bonds is 8. The fourth-order valence-corrected chi connectivity index (χ4v) is 1.57. The minimum absolute atomic E-state index is 0.00975. The second-order valence-corrected chi connectivity index (χ2v) is 6.10. The van der Waals surface area contributed by atoms with Crippen molar-refractivity contribution in [2.75, 3.05) is 23.7 Å². The van der Waals surface area contributed by atoms with Crippen LogP contribution in [-0.2, 0) is 0 Å². The molecule has 2 N–H and O–H groups in total. The van der Waals surface area contributed by atoms with Gasteiger partial charge >= 0.3 is 5.69 Å². The maximum Gasteiger partial charge on any atom is 0.353 e. The van der Waals surface area contributed by atoms with E-state index in [0.717, 1.165) is 6.42 Å². The van der Waals surface area contributed by atoms with E-state index in [1.165, 1.54) is 6.33 Å². The molecule has 1 aromatic heterocycles. The molecule has 0 atom stereocenters. The summed E-state index contributed by atoms with van der Waals surface area (Å²) in [5.74, 6) is 0.979. The van der Waals surface area contributed by atoms with E-state index >= 15 is 0 Å². The zero-order valence-corrected chi connectivity index (χ0v) is 13.4. The molecule has 7 nitrogen and oxygen atoms in total. The molecule has 0 aliphatic heterocycles. The number of hydrogen-bond donors (Lipinski definition) is 2. The van der Waals surface area contributed by atoms with Gasteiger partial charge in [0, 0.05) is 13.1 Å². The van der Waals surface area contributed by atoms with Gasteiger partial charge in [0.2, 0.25) is 11.6 Å². The van der Waals surface area contributed by atoms with Crippen LogP contribution in [-0.4, -0.2) is 28.0 Å². The van der Waals surface area contributed by atoms with Gasteiger partial charge in [0.1, 0.15) is 6.33 Å². The molecule has 0 bridgehead atoms. The molecule has 0 aromatic carbocycles. The highest BCUT2D eigenvalue weighted by molar-refractivity contribution is 5.69. The van der Waals surface area contributed by atoms with Crippen LogP contribution in [0.25, 0.3) is 0 Å². The van der Waals surface area contributed by atoms with Crippen molar-refractivity contribution in [2.45, 2.75) is 41.0 Å². The highest BCUT2D eigenvalue weighted by Crippen LogP contribution is 2.31. The normalized spacial score (nSPS) is 11.5. The summed E-state index contributed by atoms with van der Waals surface area (Å²) in [6, 6.07) is 0. The maximum atomic E-state index is 11.3. The lowest BCUT2D eigenvalue weighted by Gasteiger charge is -2.29. The van der Waals surface area contributed by atoms with Crippen molar-refractivity contribution in [1.82, 2.24) is 9.97 Å². The van der Waals surface area contributed by atoms with E-state index in [0.29, 0.717) is 19.0 Å². The molecule has 0 aliphatic carbocycles. The van der Waals surface area contributed by atoms with E-state index in [1.54, 1.807) is 0 Å². The van der Waals surface area contributed by atoms with Gasteiger partial charge in [-0.3, -0.25) is 10.1 Å². The Morgan fingerprint density at radius 2 is 1.86 bits per heavy atom. The second-order valence-electron chi connectivity index (χ2n) is 6.10.